The molecule has 0 rings (SSSR count). The quantitative estimate of drug-likeness (QED) is 0.612. The fourth-order valence-corrected chi connectivity index (χ4v) is 0.902. The summed E-state index contributed by atoms with van der Waals surface area (Å²) in [6.45, 7) is 0.0706. The zero-order valence-electron chi connectivity index (χ0n) is 5.43. The predicted molar refractivity (Wildman–Crippen MR) is 38.3 cm³/mol. The first-order valence-electron chi connectivity index (χ1n) is 2.55. The van der Waals surface area contributed by atoms with E-state index in [1.54, 1.807) is 0 Å². The molecule has 6 heteroatoms. The molecule has 60 valence electrons. The highest BCUT2D eigenvalue weighted by atomic mass is 35.5. The highest BCUT2D eigenvalue weighted by molar-refractivity contribution is 7.88. The molecule has 0 aliphatic heterocycles. The van der Waals surface area contributed by atoms with E-state index in [9.17, 15) is 13.2 Å². The van der Waals surface area contributed by atoms with Crippen LogP contribution >= 0.6 is 11.6 Å². The number of rotatable bonds is 4. The first-order valence-corrected chi connectivity index (χ1v) is 4.82. The lowest BCUT2D eigenvalue weighted by atomic mass is 10.5. The molecule has 10 heavy (non-hydrogen) atoms. The summed E-state index contributed by atoms with van der Waals surface area (Å²) in [5.74, 6) is 0. The van der Waals surface area contributed by atoms with Crippen LogP contribution in [0.4, 0.5) is 0 Å². The van der Waals surface area contributed by atoms with Gasteiger partial charge in [0.2, 0.25) is 15.3 Å². The minimum Gasteiger partial charge on any atom is -0.281 e. The third-order valence-electron chi connectivity index (χ3n) is 0.686. The van der Waals surface area contributed by atoms with Gasteiger partial charge in [-0.2, -0.15) is 0 Å². The number of halogens is 1. The average Bonchev–Trinajstić information content (AvgIpc) is 1.59. The Morgan fingerprint density at radius 2 is 2.10 bits per heavy atom. The van der Waals surface area contributed by atoms with Crippen molar-refractivity contribution >= 4 is 26.9 Å². The van der Waals surface area contributed by atoms with Crippen molar-refractivity contribution in [2.24, 2.45) is 0 Å². The third kappa shape index (κ3) is 7.87. The maximum Gasteiger partial charge on any atom is 0.222 e. The Kier molecular flexibility index (Phi) is 3.85. The van der Waals surface area contributed by atoms with Gasteiger partial charge in [-0.1, -0.05) is 0 Å². The fraction of sp³-hybridized carbons (Fsp3) is 0.750. The topological polar surface area (TPSA) is 63.2 Å². The molecule has 0 aromatic carbocycles. The lowest BCUT2D eigenvalue weighted by molar-refractivity contribution is -0.111. The Morgan fingerprint density at radius 1 is 1.60 bits per heavy atom. The maximum atomic E-state index is 10.3. The monoisotopic (exact) mass is 185 g/mol. The van der Waals surface area contributed by atoms with Crippen LogP contribution in [0.3, 0.4) is 0 Å². The highest BCUT2D eigenvalue weighted by Gasteiger charge is 2.00. The van der Waals surface area contributed by atoms with Crippen molar-refractivity contribution in [2.75, 3.05) is 12.8 Å². The Labute approximate surface area is 64.6 Å². The molecule has 0 bridgehead atoms. The van der Waals surface area contributed by atoms with E-state index in [1.165, 1.54) is 0 Å². The average molecular weight is 186 g/mol. The molecule has 0 fully saturated rings. The highest BCUT2D eigenvalue weighted by Crippen LogP contribution is 1.86. The van der Waals surface area contributed by atoms with Crippen molar-refractivity contribution in [3.8, 4) is 0 Å². The van der Waals surface area contributed by atoms with Gasteiger partial charge in [0.05, 0.1) is 6.26 Å². The molecule has 0 unspecified atom stereocenters. The van der Waals surface area contributed by atoms with Gasteiger partial charge in [-0.05, 0) is 11.6 Å². The van der Waals surface area contributed by atoms with Gasteiger partial charge in [0, 0.05) is 13.0 Å². The van der Waals surface area contributed by atoms with Gasteiger partial charge >= 0.3 is 0 Å². The second-order valence-corrected chi connectivity index (χ2v) is 4.03. The molecule has 0 spiro atoms. The van der Waals surface area contributed by atoms with Crippen LogP contribution in [0, 0.1) is 0 Å². The summed E-state index contributed by atoms with van der Waals surface area (Å²) in [5, 5.41) is -0.545. The van der Waals surface area contributed by atoms with Crippen molar-refractivity contribution in [3.05, 3.63) is 0 Å². The van der Waals surface area contributed by atoms with Crippen LogP contribution in [-0.2, 0) is 14.8 Å². The molecule has 0 atom stereocenters. The van der Waals surface area contributed by atoms with E-state index < -0.39 is 15.3 Å². The third-order valence-corrected chi connectivity index (χ3v) is 1.60. The summed E-state index contributed by atoms with van der Waals surface area (Å²) in [7, 11) is -3.18. The van der Waals surface area contributed by atoms with E-state index in [1.807, 2.05) is 0 Å². The summed E-state index contributed by atoms with van der Waals surface area (Å²) in [6, 6.07) is 0. The Balaban J connectivity index is 3.49. The SMILES string of the molecule is CS(=O)(=O)NCCC(=O)Cl. The smallest absolute Gasteiger partial charge is 0.222 e. The lowest BCUT2D eigenvalue weighted by Gasteiger charge is -1.96. The van der Waals surface area contributed by atoms with E-state index in [0.717, 1.165) is 6.26 Å². The summed E-state index contributed by atoms with van der Waals surface area (Å²) in [5.41, 5.74) is 0. The molecule has 4 nitrogen and oxygen atoms in total. The van der Waals surface area contributed by atoms with Gasteiger partial charge in [0.15, 0.2) is 0 Å². The zero-order valence-corrected chi connectivity index (χ0v) is 7.00. The maximum absolute atomic E-state index is 10.3. The number of sulfonamides is 1. The molecule has 0 aromatic heterocycles. The zero-order chi connectivity index (χ0) is 8.20. The Bertz CT molecular complexity index is 211. The van der Waals surface area contributed by atoms with E-state index in [0.29, 0.717) is 0 Å². The Hall–Kier alpha value is -0.130. The molecule has 0 aliphatic carbocycles. The molecule has 0 aliphatic rings. The molecular formula is C4H8ClNO3S. The van der Waals surface area contributed by atoms with Crippen LogP contribution in [0.2, 0.25) is 0 Å². The minimum atomic E-state index is -3.18. The standard InChI is InChI=1S/C4H8ClNO3S/c1-10(8,9)6-3-2-4(5)7/h6H,2-3H2,1H3. The van der Waals surface area contributed by atoms with Crippen molar-refractivity contribution < 1.29 is 13.2 Å². The van der Waals surface area contributed by atoms with Crippen LogP contribution < -0.4 is 4.72 Å². The van der Waals surface area contributed by atoms with Gasteiger partial charge in [0.1, 0.15) is 0 Å². The van der Waals surface area contributed by atoms with Gasteiger partial charge in [-0.15, -0.1) is 0 Å². The molecule has 0 radical (unpaired) electrons. The molecular weight excluding hydrogens is 178 g/mol. The number of hydrogen-bond acceptors (Lipinski definition) is 3. The molecule has 0 amide bonds. The fourth-order valence-electron chi connectivity index (χ4n) is 0.335. The van der Waals surface area contributed by atoms with Gasteiger partial charge < -0.3 is 0 Å². The molecule has 0 saturated carbocycles. The van der Waals surface area contributed by atoms with Crippen molar-refractivity contribution in [1.29, 1.82) is 0 Å². The van der Waals surface area contributed by atoms with Crippen LogP contribution in [0.5, 0.6) is 0 Å². The van der Waals surface area contributed by atoms with Gasteiger partial charge in [-0.3, -0.25) is 4.79 Å². The number of carbonyl (C=O) groups is 1. The molecule has 1 N–H and O–H groups in total. The van der Waals surface area contributed by atoms with Crippen molar-refractivity contribution in [1.82, 2.24) is 4.72 Å². The number of hydrogen-bond donors (Lipinski definition) is 1. The summed E-state index contributed by atoms with van der Waals surface area (Å²) >= 11 is 4.93. The van der Waals surface area contributed by atoms with Gasteiger partial charge in [-0.25, -0.2) is 13.1 Å². The summed E-state index contributed by atoms with van der Waals surface area (Å²) < 4.78 is 22.8. The molecule has 0 heterocycles. The minimum absolute atomic E-state index is 0.0224. The first-order chi connectivity index (χ1) is 4.42. The van der Waals surface area contributed by atoms with Crippen LogP contribution in [0.15, 0.2) is 0 Å². The second kappa shape index (κ2) is 3.90. The van der Waals surface area contributed by atoms with Crippen molar-refractivity contribution in [3.63, 3.8) is 0 Å². The van der Waals surface area contributed by atoms with Crippen LogP contribution in [0.25, 0.3) is 0 Å². The van der Waals surface area contributed by atoms with Crippen molar-refractivity contribution in [2.45, 2.75) is 6.42 Å². The first kappa shape index (κ1) is 9.87. The summed E-state index contributed by atoms with van der Waals surface area (Å²) in [6.07, 6.45) is 1.04. The summed E-state index contributed by atoms with van der Waals surface area (Å²) in [4.78, 5) is 10.1. The van der Waals surface area contributed by atoms with Crippen LogP contribution in [-0.4, -0.2) is 26.5 Å². The van der Waals surface area contributed by atoms with Gasteiger partial charge in [0.25, 0.3) is 0 Å². The second-order valence-electron chi connectivity index (χ2n) is 1.77. The molecule has 0 aromatic rings. The number of nitrogens with one attached hydrogen (secondary N) is 1. The van der Waals surface area contributed by atoms with E-state index in [4.69, 9.17) is 11.6 Å². The number of carbonyl (C=O) groups excluding carboxylic acids is 1. The van der Waals surface area contributed by atoms with E-state index >= 15 is 0 Å². The van der Waals surface area contributed by atoms with Crippen LogP contribution in [0.1, 0.15) is 6.42 Å². The molecule has 0 saturated heterocycles. The lowest BCUT2D eigenvalue weighted by Crippen LogP contribution is -2.23. The normalized spacial score (nSPS) is 11.4. The Morgan fingerprint density at radius 3 is 2.40 bits per heavy atom. The largest absolute Gasteiger partial charge is 0.281 e. The van der Waals surface area contributed by atoms with E-state index in [2.05, 4.69) is 4.72 Å². The predicted octanol–water partition coefficient (Wildman–Crippen LogP) is -0.309. The van der Waals surface area contributed by atoms with E-state index in [-0.39, 0.29) is 13.0 Å².